The summed E-state index contributed by atoms with van der Waals surface area (Å²) in [6, 6.07) is 9.87. The maximum atomic E-state index is 13.3. The van der Waals surface area contributed by atoms with Gasteiger partial charge in [-0.1, -0.05) is 30.3 Å². The number of aryl methyl sites for hydroxylation is 1. The first-order chi connectivity index (χ1) is 17.0. The molecule has 2 N–H and O–H groups in total. The molecule has 0 bridgehead atoms. The van der Waals surface area contributed by atoms with E-state index in [1.165, 1.54) is 11.3 Å². The van der Waals surface area contributed by atoms with Gasteiger partial charge in [0.25, 0.3) is 17.7 Å². The second-order valence-electron chi connectivity index (χ2n) is 9.91. The molecule has 2 fully saturated rings. The maximum Gasteiger partial charge on any atom is 0.279 e. The number of carbonyl (C=O) groups excluding carboxylic acids is 3. The molecule has 196 valence electrons. The fourth-order valence-electron chi connectivity index (χ4n) is 5.23. The second kappa shape index (κ2) is 13.4. The highest BCUT2D eigenvalue weighted by molar-refractivity contribution is 7.10. The van der Waals surface area contributed by atoms with Crippen molar-refractivity contribution in [3.63, 3.8) is 0 Å². The molecule has 2 aliphatic rings. The number of thiophene rings is 1. The van der Waals surface area contributed by atoms with E-state index in [9.17, 15) is 14.4 Å². The zero-order valence-corrected chi connectivity index (χ0v) is 23.5. The van der Waals surface area contributed by atoms with Gasteiger partial charge in [0.1, 0.15) is 0 Å². The molecule has 0 atom stereocenters. The first-order valence-corrected chi connectivity index (χ1v) is 13.7. The molecular weight excluding hydrogens is 540 g/mol. The summed E-state index contributed by atoms with van der Waals surface area (Å²) in [7, 11) is 0. The fourth-order valence-corrected chi connectivity index (χ4v) is 6.02. The van der Waals surface area contributed by atoms with Gasteiger partial charge in [0, 0.05) is 29.9 Å². The van der Waals surface area contributed by atoms with Gasteiger partial charge in [-0.25, -0.2) is 0 Å². The summed E-state index contributed by atoms with van der Waals surface area (Å²) >= 11 is 1.49. The minimum atomic E-state index is -0.125. The number of benzene rings is 1. The minimum absolute atomic E-state index is 0. The molecular formula is C27H37BrN4O3S. The summed E-state index contributed by atoms with van der Waals surface area (Å²) in [6.07, 6.45) is 6.34. The summed E-state index contributed by atoms with van der Waals surface area (Å²) < 4.78 is 0.463. The van der Waals surface area contributed by atoms with Crippen molar-refractivity contribution in [2.75, 3.05) is 44.6 Å². The van der Waals surface area contributed by atoms with E-state index < -0.39 is 0 Å². The number of rotatable bonds is 8. The number of quaternary nitrogens is 1. The van der Waals surface area contributed by atoms with E-state index >= 15 is 0 Å². The van der Waals surface area contributed by atoms with E-state index in [4.69, 9.17) is 0 Å². The average molecular weight is 578 g/mol. The molecule has 3 amide bonds. The van der Waals surface area contributed by atoms with Crippen LogP contribution in [-0.4, -0.2) is 66.4 Å². The standard InChI is InChI=1S/C27H36N4O3S.BrH/c1-21-26(23(20-35-21)27(34)30-13-7-8-14-30)29-25(33)19-31(15-9-2-3-10-16-31)18-24(32)28-17-22-11-5-4-6-12-22;/h4-6,11-12,20H,2-3,7-10,13-19H2,1H3,(H-,28,29,32,33);1H. The van der Waals surface area contributed by atoms with Crippen molar-refractivity contribution in [1.29, 1.82) is 0 Å². The lowest BCUT2D eigenvalue weighted by atomic mass is 10.2. The summed E-state index contributed by atoms with van der Waals surface area (Å²) in [4.78, 5) is 42.1. The molecule has 0 spiro atoms. The molecule has 0 saturated carbocycles. The number of hydrogen-bond acceptors (Lipinski definition) is 4. The zero-order chi connectivity index (χ0) is 24.7. The lowest BCUT2D eigenvalue weighted by Crippen LogP contribution is -3.00. The maximum absolute atomic E-state index is 13.3. The van der Waals surface area contributed by atoms with Crippen molar-refractivity contribution >= 4 is 34.7 Å². The van der Waals surface area contributed by atoms with Crippen LogP contribution < -0.4 is 27.6 Å². The quantitative estimate of drug-likeness (QED) is 0.459. The van der Waals surface area contributed by atoms with E-state index in [1.54, 1.807) is 0 Å². The molecule has 2 saturated heterocycles. The number of anilines is 1. The van der Waals surface area contributed by atoms with Gasteiger partial charge in [-0.05, 0) is 51.0 Å². The van der Waals surface area contributed by atoms with Crippen molar-refractivity contribution < 1.29 is 35.8 Å². The van der Waals surface area contributed by atoms with Gasteiger partial charge in [0.05, 0.1) is 24.3 Å². The van der Waals surface area contributed by atoms with Crippen molar-refractivity contribution in [3.8, 4) is 0 Å². The van der Waals surface area contributed by atoms with E-state index in [0.29, 0.717) is 28.8 Å². The summed E-state index contributed by atoms with van der Waals surface area (Å²) in [5.74, 6) is -0.152. The van der Waals surface area contributed by atoms with Crippen molar-refractivity contribution in [2.45, 2.75) is 52.0 Å². The summed E-state index contributed by atoms with van der Waals surface area (Å²) in [5.41, 5.74) is 2.29. The van der Waals surface area contributed by atoms with Crippen LogP contribution in [0.2, 0.25) is 0 Å². The van der Waals surface area contributed by atoms with E-state index in [-0.39, 0.29) is 41.2 Å². The average Bonchev–Trinajstić information content (AvgIpc) is 3.45. The van der Waals surface area contributed by atoms with E-state index in [2.05, 4.69) is 10.6 Å². The molecule has 3 heterocycles. The van der Waals surface area contributed by atoms with Crippen molar-refractivity contribution in [2.24, 2.45) is 0 Å². The van der Waals surface area contributed by atoms with Crippen molar-refractivity contribution in [1.82, 2.24) is 10.2 Å². The molecule has 0 radical (unpaired) electrons. The summed E-state index contributed by atoms with van der Waals surface area (Å²) in [6.45, 7) is 6.14. The third kappa shape index (κ3) is 7.40. The predicted molar refractivity (Wildman–Crippen MR) is 139 cm³/mol. The van der Waals surface area contributed by atoms with Gasteiger partial charge < -0.3 is 37.0 Å². The number of nitrogens with one attached hydrogen (secondary N) is 2. The van der Waals surface area contributed by atoms with Crippen LogP contribution in [0, 0.1) is 6.92 Å². The van der Waals surface area contributed by atoms with Gasteiger partial charge in [0.15, 0.2) is 13.1 Å². The topological polar surface area (TPSA) is 78.5 Å². The van der Waals surface area contributed by atoms with Gasteiger partial charge in [-0.3, -0.25) is 14.4 Å². The first kappa shape index (κ1) is 28.3. The largest absolute Gasteiger partial charge is 1.00 e. The number of carbonyl (C=O) groups is 3. The van der Waals surface area contributed by atoms with Crippen LogP contribution in [0.3, 0.4) is 0 Å². The fraction of sp³-hybridized carbons (Fsp3) is 0.519. The third-order valence-corrected chi connectivity index (χ3v) is 8.08. The molecule has 1 aromatic heterocycles. The monoisotopic (exact) mass is 576 g/mol. The number of amides is 3. The number of hydrogen-bond donors (Lipinski definition) is 2. The highest BCUT2D eigenvalue weighted by Crippen LogP contribution is 2.30. The Balaban J connectivity index is 0.00000361. The molecule has 0 unspecified atom stereocenters. The van der Waals surface area contributed by atoms with Crippen molar-refractivity contribution in [3.05, 3.63) is 51.7 Å². The molecule has 4 rings (SSSR count). The highest BCUT2D eigenvalue weighted by atomic mass is 79.9. The van der Waals surface area contributed by atoms with Crippen LogP contribution in [0.15, 0.2) is 35.7 Å². The molecule has 0 aliphatic carbocycles. The molecule has 36 heavy (non-hydrogen) atoms. The third-order valence-electron chi connectivity index (χ3n) is 7.17. The Labute approximate surface area is 228 Å². The van der Waals surface area contributed by atoms with Gasteiger partial charge in [-0.2, -0.15) is 0 Å². The number of halogens is 1. The Hall–Kier alpha value is -2.23. The minimum Gasteiger partial charge on any atom is -1.00 e. The molecule has 2 aromatic rings. The molecule has 1 aromatic carbocycles. The van der Waals surface area contributed by atoms with Crippen LogP contribution in [0.1, 0.15) is 59.3 Å². The Morgan fingerprint density at radius 3 is 2.22 bits per heavy atom. The number of nitrogens with zero attached hydrogens (tertiary/aromatic N) is 2. The Kier molecular flexibility index (Phi) is 10.5. The zero-order valence-electron chi connectivity index (χ0n) is 21.1. The van der Waals surface area contributed by atoms with Crippen LogP contribution >= 0.6 is 11.3 Å². The Morgan fingerprint density at radius 1 is 0.917 bits per heavy atom. The van der Waals surface area contributed by atoms with E-state index in [0.717, 1.165) is 75.1 Å². The van der Waals surface area contributed by atoms with Crippen LogP contribution in [0.25, 0.3) is 0 Å². The highest BCUT2D eigenvalue weighted by Gasteiger charge is 2.35. The van der Waals surface area contributed by atoms with Crippen LogP contribution in [0.5, 0.6) is 0 Å². The van der Waals surface area contributed by atoms with Gasteiger partial charge in [-0.15, -0.1) is 11.3 Å². The SMILES string of the molecule is Cc1scc(C(=O)N2CCCC2)c1NC(=O)C[N+]1(CC(=O)NCc2ccccc2)CCCCCC1.[Br-]. The lowest BCUT2D eigenvalue weighted by molar-refractivity contribution is -0.912. The lowest BCUT2D eigenvalue weighted by Gasteiger charge is -2.36. The molecule has 2 aliphatic heterocycles. The Morgan fingerprint density at radius 2 is 1.56 bits per heavy atom. The second-order valence-corrected chi connectivity index (χ2v) is 11.0. The Bertz CT molecular complexity index is 1030. The first-order valence-electron chi connectivity index (χ1n) is 12.8. The normalized spacial score (nSPS) is 17.1. The van der Waals surface area contributed by atoms with Gasteiger partial charge in [0.2, 0.25) is 0 Å². The van der Waals surface area contributed by atoms with Crippen LogP contribution in [-0.2, 0) is 16.1 Å². The van der Waals surface area contributed by atoms with E-state index in [1.807, 2.05) is 47.5 Å². The molecule has 9 heteroatoms. The smallest absolute Gasteiger partial charge is 0.279 e. The summed E-state index contributed by atoms with van der Waals surface area (Å²) in [5, 5.41) is 7.96. The molecule has 7 nitrogen and oxygen atoms in total. The van der Waals surface area contributed by atoms with Crippen LogP contribution in [0.4, 0.5) is 5.69 Å². The predicted octanol–water partition coefficient (Wildman–Crippen LogP) is 0.942. The van der Waals surface area contributed by atoms with Gasteiger partial charge >= 0.3 is 0 Å². The number of likely N-dealkylation sites (tertiary alicyclic amines) is 2.